The van der Waals surface area contributed by atoms with Crippen molar-refractivity contribution in [1.29, 1.82) is 0 Å². The molecular weight excluding hydrogens is 414 g/mol. The van der Waals surface area contributed by atoms with Crippen molar-refractivity contribution >= 4 is 0 Å². The van der Waals surface area contributed by atoms with Crippen LogP contribution in [0.25, 0.3) is 0 Å². The monoisotopic (exact) mass is 461 g/mol. The molecule has 5 aliphatic rings. The summed E-state index contributed by atoms with van der Waals surface area (Å²) < 4.78 is 0. The molecule has 1 aromatic rings. The summed E-state index contributed by atoms with van der Waals surface area (Å²) in [5, 5.41) is 9.83. The van der Waals surface area contributed by atoms with Crippen molar-refractivity contribution in [2.24, 2.45) is 45.8 Å². The van der Waals surface area contributed by atoms with E-state index in [2.05, 4.69) is 53.7 Å². The summed E-state index contributed by atoms with van der Waals surface area (Å²) >= 11 is 0. The average molecular weight is 462 g/mol. The van der Waals surface area contributed by atoms with E-state index in [0.29, 0.717) is 22.7 Å². The van der Waals surface area contributed by atoms with E-state index in [1.165, 1.54) is 62.6 Å². The Balaban J connectivity index is 1.45. The fourth-order valence-corrected chi connectivity index (χ4v) is 11.1. The lowest BCUT2D eigenvalue weighted by molar-refractivity contribution is -0.152. The van der Waals surface area contributed by atoms with Crippen LogP contribution in [0.15, 0.2) is 23.9 Å². The Morgan fingerprint density at radius 1 is 1.00 bits per heavy atom. The molecule has 0 spiro atoms. The molecule has 6 rings (SSSR count). The molecule has 0 aromatic carbocycles. The molecule has 0 unspecified atom stereocenters. The molecule has 1 heterocycles. The second-order valence-corrected chi connectivity index (χ2v) is 14.4. The first-order chi connectivity index (χ1) is 16.1. The van der Waals surface area contributed by atoms with Crippen molar-refractivity contribution in [1.82, 2.24) is 4.98 Å². The van der Waals surface area contributed by atoms with E-state index in [0.717, 1.165) is 29.7 Å². The van der Waals surface area contributed by atoms with Gasteiger partial charge in [0.25, 0.3) is 0 Å². The number of allylic oxidation sites excluding steroid dienone is 2. The van der Waals surface area contributed by atoms with Crippen LogP contribution in [0.3, 0.4) is 0 Å². The van der Waals surface area contributed by atoms with E-state index in [-0.39, 0.29) is 17.4 Å². The quantitative estimate of drug-likeness (QED) is 0.436. The van der Waals surface area contributed by atoms with Crippen LogP contribution in [0, 0.1) is 45.8 Å². The third-order valence-electron chi connectivity index (χ3n) is 12.8. The van der Waals surface area contributed by atoms with Crippen LogP contribution in [0.2, 0.25) is 0 Å². The van der Waals surface area contributed by atoms with Gasteiger partial charge in [0, 0.05) is 17.3 Å². The Hall–Kier alpha value is -1.15. The molecule has 5 aliphatic carbocycles. The van der Waals surface area contributed by atoms with Crippen LogP contribution in [-0.4, -0.2) is 10.1 Å². The van der Waals surface area contributed by atoms with Crippen LogP contribution in [-0.2, 0) is 18.4 Å². The summed E-state index contributed by atoms with van der Waals surface area (Å²) in [7, 11) is 0. The predicted octanol–water partition coefficient (Wildman–Crippen LogP) is 7.63. The van der Waals surface area contributed by atoms with Gasteiger partial charge in [-0.15, -0.1) is 0 Å². The molecule has 8 atom stereocenters. The molecule has 2 nitrogen and oxygen atoms in total. The highest BCUT2D eigenvalue weighted by Gasteiger charge is 2.66. The molecule has 2 heteroatoms. The SMILES string of the molecule is C[C@H]1CCC[C@H]2CC[C@]3(C)C(=CC[C@@H]4[C@@]5(C)Cc6cc(CO)cnc6C(C)(C)[C@@H]5CC[C@]43C)[C@H]21. The van der Waals surface area contributed by atoms with Crippen molar-refractivity contribution < 1.29 is 5.11 Å². The topological polar surface area (TPSA) is 33.1 Å². The Bertz CT molecular complexity index is 1020. The van der Waals surface area contributed by atoms with E-state index in [1.807, 2.05) is 11.8 Å². The highest BCUT2D eigenvalue weighted by atomic mass is 16.3. The van der Waals surface area contributed by atoms with Gasteiger partial charge in [-0.05, 0) is 102 Å². The Kier molecular flexibility index (Phi) is 5.09. The van der Waals surface area contributed by atoms with E-state index in [9.17, 15) is 5.11 Å². The van der Waals surface area contributed by atoms with E-state index in [1.54, 1.807) is 0 Å². The first kappa shape index (κ1) is 23.3. The Labute approximate surface area is 208 Å². The van der Waals surface area contributed by atoms with Crippen molar-refractivity contribution in [2.75, 3.05) is 0 Å². The minimum Gasteiger partial charge on any atom is -0.392 e. The van der Waals surface area contributed by atoms with E-state index < -0.39 is 0 Å². The first-order valence-electron chi connectivity index (χ1n) is 14.4. The third-order valence-corrected chi connectivity index (χ3v) is 12.8. The van der Waals surface area contributed by atoms with E-state index in [4.69, 9.17) is 4.98 Å². The number of nitrogens with zero attached hydrogens (tertiary/aromatic N) is 1. The van der Waals surface area contributed by atoms with Gasteiger partial charge in [0.15, 0.2) is 0 Å². The molecule has 1 N–H and O–H groups in total. The Morgan fingerprint density at radius 3 is 2.56 bits per heavy atom. The zero-order valence-electron chi connectivity index (χ0n) is 22.6. The third kappa shape index (κ3) is 2.81. The maximum absolute atomic E-state index is 9.83. The molecule has 1 aromatic heterocycles. The molecular formula is C32H47NO. The van der Waals surface area contributed by atoms with E-state index >= 15 is 0 Å². The minimum absolute atomic E-state index is 0.0814. The van der Waals surface area contributed by atoms with Crippen LogP contribution in [0.4, 0.5) is 0 Å². The number of fused-ring (bicyclic) bond motifs is 8. The standard InChI is InChI=1S/C32H47NO/c1-20-8-7-9-22-12-14-31(5)24(27(20)22)10-11-26-30(4)17-23-16-21(19-34)18-33-28(23)29(2,3)25(30)13-15-32(26,31)6/h10,16,18,20,22,25-27,34H,7-9,11-15,17,19H2,1-6H3/t20-,22-,25-,26+,27-,30-,31+,32+/m0/s1. The van der Waals surface area contributed by atoms with Crippen molar-refractivity contribution in [2.45, 2.75) is 111 Å². The number of pyridine rings is 1. The minimum atomic E-state index is 0.0814. The number of aromatic nitrogens is 1. The lowest BCUT2D eigenvalue weighted by Gasteiger charge is -2.70. The lowest BCUT2D eigenvalue weighted by atomic mass is 9.34. The summed E-state index contributed by atoms with van der Waals surface area (Å²) in [6.45, 7) is 15.6. The molecule has 0 amide bonds. The van der Waals surface area contributed by atoms with Gasteiger partial charge in [0.05, 0.1) is 6.61 Å². The van der Waals surface area contributed by atoms with Crippen LogP contribution < -0.4 is 0 Å². The van der Waals surface area contributed by atoms with Gasteiger partial charge in [-0.1, -0.05) is 72.1 Å². The largest absolute Gasteiger partial charge is 0.392 e. The number of hydrogen-bond acceptors (Lipinski definition) is 2. The van der Waals surface area contributed by atoms with Crippen LogP contribution in [0.1, 0.15) is 110 Å². The van der Waals surface area contributed by atoms with Gasteiger partial charge in [-0.3, -0.25) is 4.98 Å². The highest BCUT2D eigenvalue weighted by molar-refractivity contribution is 5.39. The maximum atomic E-state index is 9.83. The van der Waals surface area contributed by atoms with Crippen molar-refractivity contribution in [3.8, 4) is 0 Å². The smallest absolute Gasteiger partial charge is 0.0696 e. The lowest BCUT2D eigenvalue weighted by Crippen LogP contribution is -2.63. The first-order valence-corrected chi connectivity index (χ1v) is 14.4. The van der Waals surface area contributed by atoms with Crippen molar-refractivity contribution in [3.63, 3.8) is 0 Å². The van der Waals surface area contributed by atoms with Crippen LogP contribution >= 0.6 is 0 Å². The maximum Gasteiger partial charge on any atom is 0.0696 e. The molecule has 0 saturated heterocycles. The molecule has 34 heavy (non-hydrogen) atoms. The number of hydrogen-bond donors (Lipinski definition) is 1. The number of rotatable bonds is 1. The van der Waals surface area contributed by atoms with Gasteiger partial charge in [-0.2, -0.15) is 0 Å². The summed E-state index contributed by atoms with van der Waals surface area (Å²) in [4.78, 5) is 4.95. The van der Waals surface area contributed by atoms with Crippen LogP contribution in [0.5, 0.6) is 0 Å². The molecule has 0 radical (unpaired) electrons. The fourth-order valence-electron chi connectivity index (χ4n) is 11.1. The molecule has 3 saturated carbocycles. The van der Waals surface area contributed by atoms with Gasteiger partial charge in [0.1, 0.15) is 0 Å². The zero-order valence-corrected chi connectivity index (χ0v) is 22.6. The van der Waals surface area contributed by atoms with Gasteiger partial charge in [0.2, 0.25) is 0 Å². The fraction of sp³-hybridized carbons (Fsp3) is 0.781. The Morgan fingerprint density at radius 2 is 1.79 bits per heavy atom. The molecule has 3 fully saturated rings. The zero-order chi connectivity index (χ0) is 24.1. The van der Waals surface area contributed by atoms with Crippen molar-refractivity contribution in [3.05, 3.63) is 40.7 Å². The van der Waals surface area contributed by atoms with Gasteiger partial charge in [-0.25, -0.2) is 0 Å². The summed E-state index contributed by atoms with van der Waals surface area (Å²) in [5.41, 5.74) is 6.65. The highest BCUT2D eigenvalue weighted by Crippen LogP contribution is 2.73. The second kappa shape index (κ2) is 7.44. The summed E-state index contributed by atoms with van der Waals surface area (Å²) in [6.07, 6.45) is 17.0. The number of aliphatic hydroxyl groups is 1. The molecule has 0 aliphatic heterocycles. The normalized spacial score (nSPS) is 46.8. The van der Waals surface area contributed by atoms with Gasteiger partial charge >= 0.3 is 0 Å². The summed E-state index contributed by atoms with van der Waals surface area (Å²) in [6, 6.07) is 2.28. The number of aliphatic hydroxyl groups excluding tert-OH is 1. The summed E-state index contributed by atoms with van der Waals surface area (Å²) in [5.74, 6) is 4.03. The second-order valence-electron chi connectivity index (χ2n) is 14.4. The molecule has 0 bridgehead atoms. The predicted molar refractivity (Wildman–Crippen MR) is 139 cm³/mol. The molecule has 186 valence electrons. The van der Waals surface area contributed by atoms with Gasteiger partial charge < -0.3 is 5.11 Å². The average Bonchev–Trinajstić information content (AvgIpc) is 2.78.